The Kier molecular flexibility index (Phi) is 4.70. The molecule has 0 aliphatic carbocycles. The molecular weight excluding hydrogens is 173 g/mol. The van der Waals surface area contributed by atoms with Crippen LogP contribution in [0.2, 0.25) is 0 Å². The fourth-order valence-electron chi connectivity index (χ4n) is 0.697. The van der Waals surface area contributed by atoms with Crippen LogP contribution >= 0.6 is 0 Å². The molecule has 0 N–H and O–H groups in total. The van der Waals surface area contributed by atoms with Gasteiger partial charge in [-0.05, 0) is 12.8 Å². The van der Waals surface area contributed by atoms with Crippen LogP contribution in [-0.2, 0) is 9.53 Å². The molecule has 0 aliphatic heterocycles. The van der Waals surface area contributed by atoms with Gasteiger partial charge in [0.25, 0.3) is 0 Å². The van der Waals surface area contributed by atoms with Crippen LogP contribution in [0.3, 0.4) is 0 Å². The van der Waals surface area contributed by atoms with Gasteiger partial charge < -0.3 is 4.74 Å². The van der Waals surface area contributed by atoms with E-state index in [1.54, 1.807) is 0 Å². The number of methoxy groups -OCH3 is 1. The van der Waals surface area contributed by atoms with E-state index in [0.29, 0.717) is 0 Å². The van der Waals surface area contributed by atoms with E-state index in [-0.39, 0.29) is 19.3 Å². The van der Waals surface area contributed by atoms with Gasteiger partial charge in [0, 0.05) is 12.8 Å². The molecule has 0 saturated carbocycles. The summed E-state index contributed by atoms with van der Waals surface area (Å²) in [6.07, 6.45) is -4.67. The average molecular weight is 184 g/mol. The molecule has 0 amide bonds. The van der Waals surface area contributed by atoms with Crippen molar-refractivity contribution in [1.29, 1.82) is 0 Å². The topological polar surface area (TPSA) is 26.3 Å². The number of halogens is 3. The van der Waals surface area contributed by atoms with E-state index >= 15 is 0 Å². The Morgan fingerprint density at radius 1 is 1.33 bits per heavy atom. The molecule has 0 aliphatic rings. The molecule has 12 heavy (non-hydrogen) atoms. The van der Waals surface area contributed by atoms with Crippen molar-refractivity contribution in [3.05, 3.63) is 0 Å². The zero-order valence-corrected chi connectivity index (χ0v) is 6.78. The van der Waals surface area contributed by atoms with Crippen LogP contribution in [0, 0.1) is 0 Å². The first-order valence-corrected chi connectivity index (χ1v) is 3.59. The summed E-state index contributed by atoms with van der Waals surface area (Å²) in [6, 6.07) is 0. The third-order valence-corrected chi connectivity index (χ3v) is 1.32. The lowest BCUT2D eigenvalue weighted by Gasteiger charge is -2.04. The van der Waals surface area contributed by atoms with Crippen molar-refractivity contribution in [2.45, 2.75) is 31.9 Å². The molecule has 0 heterocycles. The lowest BCUT2D eigenvalue weighted by atomic mass is 10.2. The lowest BCUT2D eigenvalue weighted by molar-refractivity contribution is -0.143. The minimum absolute atomic E-state index is 0.0153. The maximum atomic E-state index is 11.5. The zero-order valence-electron chi connectivity index (χ0n) is 6.78. The van der Waals surface area contributed by atoms with Crippen molar-refractivity contribution >= 4 is 5.97 Å². The predicted octanol–water partition coefficient (Wildman–Crippen LogP) is 2.28. The van der Waals surface area contributed by atoms with Gasteiger partial charge in [-0.15, -0.1) is 0 Å². The first kappa shape index (κ1) is 11.3. The van der Waals surface area contributed by atoms with Crippen LogP contribution in [-0.4, -0.2) is 19.3 Å². The van der Waals surface area contributed by atoms with Crippen LogP contribution in [0.25, 0.3) is 0 Å². The van der Waals surface area contributed by atoms with E-state index < -0.39 is 18.6 Å². The fraction of sp³-hybridized carbons (Fsp3) is 0.857. The number of ether oxygens (including phenoxy) is 1. The molecule has 0 atom stereocenters. The minimum atomic E-state index is -4.11. The molecular formula is C7H11F3O2. The van der Waals surface area contributed by atoms with Gasteiger partial charge in [0.1, 0.15) is 0 Å². The molecule has 72 valence electrons. The molecule has 0 aromatic heterocycles. The summed E-state index contributed by atoms with van der Waals surface area (Å²) >= 11 is 0. The van der Waals surface area contributed by atoms with Gasteiger partial charge in [-0.25, -0.2) is 0 Å². The third kappa shape index (κ3) is 7.37. The van der Waals surface area contributed by atoms with Gasteiger partial charge in [-0.2, -0.15) is 13.2 Å². The summed E-state index contributed by atoms with van der Waals surface area (Å²) in [5.74, 6) is -0.461. The molecule has 5 heteroatoms. The molecule has 0 radical (unpaired) electrons. The Balaban J connectivity index is 3.28. The smallest absolute Gasteiger partial charge is 0.389 e. The first-order valence-electron chi connectivity index (χ1n) is 3.59. The van der Waals surface area contributed by atoms with Crippen LogP contribution in [0.15, 0.2) is 0 Å². The fourth-order valence-corrected chi connectivity index (χ4v) is 0.697. The lowest BCUT2D eigenvalue weighted by Crippen LogP contribution is -2.07. The maximum absolute atomic E-state index is 11.5. The number of carbonyl (C=O) groups excluding carboxylic acids is 1. The molecule has 0 aromatic carbocycles. The third-order valence-electron chi connectivity index (χ3n) is 1.32. The SMILES string of the molecule is COC(=O)CCCCC(F)(F)F. The van der Waals surface area contributed by atoms with Crippen molar-refractivity contribution in [3.8, 4) is 0 Å². The summed E-state index contributed by atoms with van der Waals surface area (Å²) < 4.78 is 38.9. The number of rotatable bonds is 4. The van der Waals surface area contributed by atoms with Gasteiger partial charge in [-0.3, -0.25) is 4.79 Å². The highest BCUT2D eigenvalue weighted by molar-refractivity contribution is 5.68. The van der Waals surface area contributed by atoms with Crippen molar-refractivity contribution in [3.63, 3.8) is 0 Å². The highest BCUT2D eigenvalue weighted by Crippen LogP contribution is 2.22. The Morgan fingerprint density at radius 3 is 2.33 bits per heavy atom. The Labute approximate surface area is 68.7 Å². The normalized spacial score (nSPS) is 11.3. The Hall–Kier alpha value is -0.740. The zero-order chi connectivity index (χ0) is 9.61. The van der Waals surface area contributed by atoms with E-state index in [9.17, 15) is 18.0 Å². The standard InChI is InChI=1S/C7H11F3O2/c1-12-6(11)4-2-3-5-7(8,9)10/h2-5H2,1H3. The summed E-state index contributed by atoms with van der Waals surface area (Å²) in [7, 11) is 1.21. The quantitative estimate of drug-likeness (QED) is 0.495. The monoisotopic (exact) mass is 184 g/mol. The van der Waals surface area contributed by atoms with E-state index in [1.807, 2.05) is 0 Å². The molecule has 0 spiro atoms. The van der Waals surface area contributed by atoms with Gasteiger partial charge in [0.05, 0.1) is 7.11 Å². The predicted molar refractivity (Wildman–Crippen MR) is 36.5 cm³/mol. The minimum Gasteiger partial charge on any atom is -0.469 e. The molecule has 0 aromatic rings. The van der Waals surface area contributed by atoms with Gasteiger partial charge in [0.15, 0.2) is 0 Å². The second-order valence-electron chi connectivity index (χ2n) is 2.40. The second kappa shape index (κ2) is 5.00. The maximum Gasteiger partial charge on any atom is 0.389 e. The summed E-state index contributed by atoms with van der Waals surface area (Å²) in [5, 5.41) is 0. The van der Waals surface area contributed by atoms with Crippen LogP contribution in [0.1, 0.15) is 25.7 Å². The Bertz CT molecular complexity index is 142. The number of esters is 1. The van der Waals surface area contributed by atoms with Gasteiger partial charge >= 0.3 is 12.1 Å². The van der Waals surface area contributed by atoms with Crippen molar-refractivity contribution < 1.29 is 22.7 Å². The largest absolute Gasteiger partial charge is 0.469 e. The number of carbonyl (C=O) groups is 1. The molecule has 0 fully saturated rings. The van der Waals surface area contributed by atoms with Crippen LogP contribution < -0.4 is 0 Å². The molecule has 0 saturated heterocycles. The summed E-state index contributed by atoms with van der Waals surface area (Å²) in [4.78, 5) is 10.4. The summed E-state index contributed by atoms with van der Waals surface area (Å²) in [6.45, 7) is 0. The number of hydrogen-bond donors (Lipinski definition) is 0. The van der Waals surface area contributed by atoms with Gasteiger partial charge in [0.2, 0.25) is 0 Å². The highest BCUT2D eigenvalue weighted by atomic mass is 19.4. The van der Waals surface area contributed by atoms with E-state index in [1.165, 1.54) is 7.11 Å². The number of hydrogen-bond acceptors (Lipinski definition) is 2. The van der Waals surface area contributed by atoms with E-state index in [4.69, 9.17) is 0 Å². The average Bonchev–Trinajstić information content (AvgIpc) is 1.96. The van der Waals surface area contributed by atoms with Crippen LogP contribution in [0.5, 0.6) is 0 Å². The summed E-state index contributed by atoms with van der Waals surface area (Å²) in [5.41, 5.74) is 0. The first-order chi connectivity index (χ1) is 5.45. The van der Waals surface area contributed by atoms with Gasteiger partial charge in [-0.1, -0.05) is 0 Å². The van der Waals surface area contributed by atoms with E-state index in [0.717, 1.165) is 0 Å². The molecule has 0 unspecified atom stereocenters. The number of alkyl halides is 3. The van der Waals surface area contributed by atoms with Crippen molar-refractivity contribution in [1.82, 2.24) is 0 Å². The van der Waals surface area contributed by atoms with E-state index in [2.05, 4.69) is 4.74 Å². The van der Waals surface area contributed by atoms with Crippen molar-refractivity contribution in [2.24, 2.45) is 0 Å². The molecule has 2 nitrogen and oxygen atoms in total. The number of unbranched alkanes of at least 4 members (excludes halogenated alkanes) is 1. The molecule has 0 rings (SSSR count). The molecule has 0 bridgehead atoms. The highest BCUT2D eigenvalue weighted by Gasteiger charge is 2.25. The second-order valence-corrected chi connectivity index (χ2v) is 2.40. The Morgan fingerprint density at radius 2 is 1.92 bits per heavy atom. The van der Waals surface area contributed by atoms with Crippen LogP contribution in [0.4, 0.5) is 13.2 Å². The van der Waals surface area contributed by atoms with Crippen molar-refractivity contribution in [2.75, 3.05) is 7.11 Å².